The fourth-order valence-corrected chi connectivity index (χ4v) is 3.40. The molecule has 0 spiro atoms. The summed E-state index contributed by atoms with van der Waals surface area (Å²) < 4.78 is 14.0. The normalized spacial score (nSPS) is 10.7. The molecule has 162 valence electrons. The molecule has 2 heterocycles. The van der Waals surface area contributed by atoms with Gasteiger partial charge in [0, 0.05) is 17.4 Å². The summed E-state index contributed by atoms with van der Waals surface area (Å²) in [5.41, 5.74) is 2.29. The van der Waals surface area contributed by atoms with Crippen molar-refractivity contribution in [1.82, 2.24) is 9.78 Å². The number of nitrogens with one attached hydrogen (secondary N) is 1. The zero-order chi connectivity index (χ0) is 22.5. The average Bonchev–Trinajstić information content (AvgIpc) is 3.42. The zero-order valence-corrected chi connectivity index (χ0v) is 18.8. The van der Waals surface area contributed by atoms with E-state index in [9.17, 15) is 9.59 Å². The Hall–Kier alpha value is -3.65. The van der Waals surface area contributed by atoms with Gasteiger partial charge in [0.1, 0.15) is 18.1 Å². The molecule has 1 amide bonds. The van der Waals surface area contributed by atoms with Crippen LogP contribution in [-0.4, -0.2) is 21.5 Å². The molecule has 0 atom stereocenters. The van der Waals surface area contributed by atoms with Gasteiger partial charge in [-0.1, -0.05) is 12.1 Å². The fraction of sp³-hybridized carbons (Fsp3) is 0.125. The van der Waals surface area contributed by atoms with Crippen molar-refractivity contribution in [2.45, 2.75) is 20.1 Å². The van der Waals surface area contributed by atoms with Gasteiger partial charge >= 0.3 is 0 Å². The number of halogens is 1. The van der Waals surface area contributed by atoms with Gasteiger partial charge in [-0.15, -0.1) is 0 Å². The van der Waals surface area contributed by atoms with Crippen LogP contribution in [0.1, 0.15) is 39.2 Å². The highest BCUT2D eigenvalue weighted by molar-refractivity contribution is 9.10. The van der Waals surface area contributed by atoms with Crippen molar-refractivity contribution in [2.24, 2.45) is 0 Å². The second-order valence-corrected chi connectivity index (χ2v) is 8.06. The van der Waals surface area contributed by atoms with Gasteiger partial charge in [0.2, 0.25) is 0 Å². The van der Waals surface area contributed by atoms with Crippen molar-refractivity contribution in [3.05, 3.63) is 100 Å². The number of benzene rings is 2. The van der Waals surface area contributed by atoms with Crippen molar-refractivity contribution >= 4 is 33.3 Å². The predicted molar refractivity (Wildman–Crippen MR) is 123 cm³/mol. The smallest absolute Gasteiger partial charge is 0.291 e. The molecule has 2 aromatic carbocycles. The quantitative estimate of drug-likeness (QED) is 0.335. The monoisotopic (exact) mass is 493 g/mol. The highest BCUT2D eigenvalue weighted by Crippen LogP contribution is 2.18. The second-order valence-electron chi connectivity index (χ2n) is 7.15. The molecule has 0 aliphatic carbocycles. The first-order valence-corrected chi connectivity index (χ1v) is 10.7. The van der Waals surface area contributed by atoms with E-state index < -0.39 is 0 Å². The Morgan fingerprint density at radius 3 is 2.66 bits per heavy atom. The molecule has 0 saturated heterocycles. The van der Waals surface area contributed by atoms with Crippen molar-refractivity contribution in [1.29, 1.82) is 0 Å². The van der Waals surface area contributed by atoms with E-state index in [1.807, 2.05) is 30.5 Å². The average molecular weight is 494 g/mol. The minimum Gasteiger partial charge on any atom is -0.486 e. The number of rotatable bonds is 8. The van der Waals surface area contributed by atoms with Gasteiger partial charge in [0.25, 0.3) is 5.91 Å². The molecule has 32 heavy (non-hydrogen) atoms. The number of hydrogen-bond acceptors (Lipinski definition) is 5. The maximum Gasteiger partial charge on any atom is 0.291 e. The van der Waals surface area contributed by atoms with Gasteiger partial charge in [0.15, 0.2) is 11.5 Å². The number of ether oxygens (including phenoxy) is 1. The molecule has 0 unspecified atom stereocenters. The first-order valence-electron chi connectivity index (χ1n) is 9.87. The summed E-state index contributed by atoms with van der Waals surface area (Å²) in [6.07, 6.45) is 3.61. The van der Waals surface area contributed by atoms with E-state index in [1.165, 1.54) is 6.92 Å². The van der Waals surface area contributed by atoms with Crippen LogP contribution >= 0.6 is 15.9 Å². The number of anilines is 1. The third kappa shape index (κ3) is 5.53. The Kier molecular flexibility index (Phi) is 6.51. The molecule has 0 radical (unpaired) electrons. The molecule has 0 aliphatic heterocycles. The summed E-state index contributed by atoms with van der Waals surface area (Å²) >= 11 is 3.38. The van der Waals surface area contributed by atoms with Crippen LogP contribution in [0.2, 0.25) is 0 Å². The van der Waals surface area contributed by atoms with Crippen LogP contribution in [0.25, 0.3) is 0 Å². The molecular formula is C24H20BrN3O4. The molecule has 0 saturated carbocycles. The Labute approximate surface area is 193 Å². The van der Waals surface area contributed by atoms with Crippen LogP contribution in [-0.2, 0) is 13.2 Å². The van der Waals surface area contributed by atoms with Crippen LogP contribution in [0.5, 0.6) is 5.75 Å². The Bertz CT molecular complexity index is 1240. The van der Waals surface area contributed by atoms with Crippen molar-refractivity contribution in [3.63, 3.8) is 0 Å². The predicted octanol–water partition coefficient (Wildman–Crippen LogP) is 5.32. The zero-order valence-electron chi connectivity index (χ0n) is 17.2. The first-order chi connectivity index (χ1) is 15.5. The number of carbonyl (C=O) groups excluding carboxylic acids is 2. The van der Waals surface area contributed by atoms with Crippen LogP contribution in [0.3, 0.4) is 0 Å². The molecule has 4 aromatic rings. The van der Waals surface area contributed by atoms with Crippen LogP contribution in [0.15, 0.2) is 81.9 Å². The van der Waals surface area contributed by atoms with Crippen molar-refractivity contribution < 1.29 is 18.7 Å². The lowest BCUT2D eigenvalue weighted by Crippen LogP contribution is -2.11. The Balaban J connectivity index is 1.34. The van der Waals surface area contributed by atoms with E-state index in [2.05, 4.69) is 26.3 Å². The maximum absolute atomic E-state index is 12.6. The van der Waals surface area contributed by atoms with Crippen LogP contribution in [0, 0.1) is 0 Å². The summed E-state index contributed by atoms with van der Waals surface area (Å²) in [4.78, 5) is 23.9. The number of amides is 1. The molecule has 0 aliphatic rings. The minimum atomic E-state index is -0.346. The molecule has 1 N–H and O–H groups in total. The van der Waals surface area contributed by atoms with E-state index >= 15 is 0 Å². The number of furan rings is 1. The van der Waals surface area contributed by atoms with E-state index in [1.54, 1.807) is 47.3 Å². The van der Waals surface area contributed by atoms with Crippen molar-refractivity contribution in [3.8, 4) is 5.75 Å². The number of aromatic nitrogens is 2. The lowest BCUT2D eigenvalue weighted by atomic mass is 10.1. The van der Waals surface area contributed by atoms with Gasteiger partial charge in [-0.2, -0.15) is 5.10 Å². The summed E-state index contributed by atoms with van der Waals surface area (Å²) in [6, 6.07) is 17.7. The van der Waals surface area contributed by atoms with E-state index in [4.69, 9.17) is 9.15 Å². The van der Waals surface area contributed by atoms with Crippen LogP contribution in [0.4, 0.5) is 5.69 Å². The highest BCUT2D eigenvalue weighted by atomic mass is 79.9. The highest BCUT2D eigenvalue weighted by Gasteiger charge is 2.12. The van der Waals surface area contributed by atoms with E-state index in [-0.39, 0.29) is 24.1 Å². The largest absolute Gasteiger partial charge is 0.486 e. The van der Waals surface area contributed by atoms with E-state index in [0.29, 0.717) is 29.3 Å². The van der Waals surface area contributed by atoms with Gasteiger partial charge < -0.3 is 14.5 Å². The molecular weight excluding hydrogens is 474 g/mol. The summed E-state index contributed by atoms with van der Waals surface area (Å²) in [5.74, 6) is 0.971. The molecule has 0 fully saturated rings. The fourth-order valence-electron chi connectivity index (χ4n) is 3.07. The lowest BCUT2D eigenvalue weighted by Gasteiger charge is -2.07. The Morgan fingerprint density at radius 1 is 1.12 bits per heavy atom. The van der Waals surface area contributed by atoms with Crippen molar-refractivity contribution in [2.75, 3.05) is 5.32 Å². The first kappa shape index (κ1) is 21.6. The second kappa shape index (κ2) is 9.65. The van der Waals surface area contributed by atoms with Gasteiger partial charge in [-0.3, -0.25) is 14.3 Å². The third-order valence-corrected chi connectivity index (χ3v) is 5.07. The van der Waals surface area contributed by atoms with Gasteiger partial charge in [0.05, 0.1) is 17.2 Å². The molecule has 2 aromatic heterocycles. The summed E-state index contributed by atoms with van der Waals surface area (Å²) in [6.45, 7) is 2.27. The summed E-state index contributed by atoms with van der Waals surface area (Å²) in [7, 11) is 0. The number of nitrogens with zero attached hydrogens (tertiary/aromatic N) is 2. The third-order valence-electron chi connectivity index (χ3n) is 4.66. The molecule has 4 rings (SSSR count). The van der Waals surface area contributed by atoms with Gasteiger partial charge in [-0.25, -0.2) is 0 Å². The van der Waals surface area contributed by atoms with Gasteiger partial charge in [-0.05, 0) is 76.9 Å². The van der Waals surface area contributed by atoms with E-state index in [0.717, 1.165) is 10.0 Å². The van der Waals surface area contributed by atoms with Crippen LogP contribution < -0.4 is 10.1 Å². The number of carbonyl (C=O) groups is 2. The lowest BCUT2D eigenvalue weighted by molar-refractivity contribution is 0.0990. The molecule has 0 bridgehead atoms. The Morgan fingerprint density at radius 2 is 1.94 bits per heavy atom. The standard InChI is InChI=1S/C24H20BrN3O4/c1-16(29)18-5-7-21(8-6-18)31-15-22-9-10-23(32-22)24(30)27-20-4-2-3-17(11-20)13-28-14-19(25)12-26-28/h2-12,14H,13,15H2,1H3,(H,27,30). The SMILES string of the molecule is CC(=O)c1ccc(OCc2ccc(C(=O)Nc3cccc(Cn4cc(Br)cn4)c3)o2)cc1. The number of hydrogen-bond donors (Lipinski definition) is 1. The topological polar surface area (TPSA) is 86.4 Å². The maximum atomic E-state index is 12.6. The summed E-state index contributed by atoms with van der Waals surface area (Å²) in [5, 5.41) is 7.09. The number of Topliss-reactive ketones (excluding diaryl/α,β-unsaturated/α-hetero) is 1. The minimum absolute atomic E-state index is 0.00163. The molecule has 8 heteroatoms. The molecule has 7 nitrogen and oxygen atoms in total. The number of ketones is 1.